The monoisotopic (exact) mass is 396 g/mol. The average molecular weight is 396 g/mol. The highest BCUT2D eigenvalue weighted by Crippen LogP contribution is 2.34. The van der Waals surface area contributed by atoms with E-state index in [1.807, 2.05) is 0 Å². The first-order valence-electron chi connectivity index (χ1n) is 8.35. The minimum atomic E-state index is -0.812. The Bertz CT molecular complexity index is 1190. The third-order valence-electron chi connectivity index (χ3n) is 4.24. The van der Waals surface area contributed by atoms with Crippen molar-refractivity contribution in [3.63, 3.8) is 0 Å². The van der Waals surface area contributed by atoms with E-state index in [0.29, 0.717) is 5.56 Å². The fourth-order valence-corrected chi connectivity index (χ4v) is 2.86. The molecule has 9 heteroatoms. The van der Waals surface area contributed by atoms with E-state index in [1.54, 1.807) is 0 Å². The minimum absolute atomic E-state index is 0.0879. The zero-order chi connectivity index (χ0) is 20.5. The molecule has 0 saturated heterocycles. The van der Waals surface area contributed by atoms with E-state index >= 15 is 0 Å². The van der Waals surface area contributed by atoms with Crippen molar-refractivity contribution in [2.45, 2.75) is 0 Å². The molecule has 2 aromatic carbocycles. The van der Waals surface area contributed by atoms with E-state index in [4.69, 9.17) is 0 Å². The van der Waals surface area contributed by atoms with Gasteiger partial charge in [0.1, 0.15) is 29.5 Å². The Hall–Kier alpha value is -4.01. The maximum atomic E-state index is 14.2. The number of halogens is 3. The second-order valence-corrected chi connectivity index (χ2v) is 6.07. The molecule has 4 aromatic rings. The van der Waals surface area contributed by atoms with Gasteiger partial charge in [-0.1, -0.05) is 6.07 Å². The van der Waals surface area contributed by atoms with Crippen molar-refractivity contribution < 1.29 is 18.1 Å². The fraction of sp³-hybridized carbons (Fsp3) is 0. The molecule has 1 N–H and O–H groups in total. The summed E-state index contributed by atoms with van der Waals surface area (Å²) in [5.41, 5.74) is 0.723. The SMILES string of the molecule is O=[N+]([O-])c1ccc(-c2[nH]c(-c3c(F)cccc3F)nc2-c2ccc(F)cc2)nc1. The number of pyridine rings is 1. The highest BCUT2D eigenvalue weighted by molar-refractivity contribution is 5.80. The van der Waals surface area contributed by atoms with Gasteiger partial charge in [-0.3, -0.25) is 10.1 Å². The van der Waals surface area contributed by atoms with Crippen molar-refractivity contribution in [2.75, 3.05) is 0 Å². The number of rotatable bonds is 4. The first-order valence-corrected chi connectivity index (χ1v) is 8.35. The molecule has 0 aliphatic heterocycles. The van der Waals surface area contributed by atoms with Crippen molar-refractivity contribution in [3.8, 4) is 34.0 Å². The third-order valence-corrected chi connectivity index (χ3v) is 4.24. The first-order chi connectivity index (χ1) is 13.9. The smallest absolute Gasteiger partial charge is 0.287 e. The molecule has 2 heterocycles. The average Bonchev–Trinajstić information content (AvgIpc) is 3.13. The fourth-order valence-electron chi connectivity index (χ4n) is 2.86. The molecule has 0 amide bonds. The summed E-state index contributed by atoms with van der Waals surface area (Å²) < 4.78 is 41.8. The van der Waals surface area contributed by atoms with Crippen LogP contribution < -0.4 is 0 Å². The molecule has 0 spiro atoms. The van der Waals surface area contributed by atoms with Crippen LogP contribution in [-0.2, 0) is 0 Å². The van der Waals surface area contributed by atoms with Gasteiger partial charge >= 0.3 is 0 Å². The molecule has 144 valence electrons. The Morgan fingerprint density at radius 1 is 0.931 bits per heavy atom. The van der Waals surface area contributed by atoms with Gasteiger partial charge in [0.2, 0.25) is 0 Å². The molecule has 4 rings (SSSR count). The molecule has 0 saturated carbocycles. The van der Waals surface area contributed by atoms with Gasteiger partial charge in [-0.15, -0.1) is 0 Å². The van der Waals surface area contributed by atoms with Gasteiger partial charge in [0.25, 0.3) is 5.69 Å². The minimum Gasteiger partial charge on any atom is -0.336 e. The molecule has 0 bridgehead atoms. The third kappa shape index (κ3) is 3.45. The summed E-state index contributed by atoms with van der Waals surface area (Å²) in [4.78, 5) is 21.5. The number of benzene rings is 2. The van der Waals surface area contributed by atoms with Crippen LogP contribution in [-0.4, -0.2) is 19.9 Å². The molecule has 2 aromatic heterocycles. The van der Waals surface area contributed by atoms with Crippen molar-refractivity contribution in [3.05, 3.63) is 88.4 Å². The summed E-state index contributed by atoms with van der Waals surface area (Å²) >= 11 is 0. The van der Waals surface area contributed by atoms with Gasteiger partial charge in [0, 0.05) is 11.6 Å². The normalized spacial score (nSPS) is 10.9. The van der Waals surface area contributed by atoms with E-state index < -0.39 is 22.4 Å². The largest absolute Gasteiger partial charge is 0.336 e. The summed E-state index contributed by atoms with van der Waals surface area (Å²) in [6, 6.07) is 11.4. The van der Waals surface area contributed by atoms with E-state index in [0.717, 1.165) is 18.3 Å². The quantitative estimate of drug-likeness (QED) is 0.383. The Kier molecular flexibility index (Phi) is 4.55. The molecule has 6 nitrogen and oxygen atoms in total. The number of hydrogen-bond acceptors (Lipinski definition) is 4. The molecule has 0 aliphatic carbocycles. The number of imidazole rings is 1. The number of hydrogen-bond donors (Lipinski definition) is 1. The van der Waals surface area contributed by atoms with E-state index in [-0.39, 0.29) is 34.2 Å². The molecule has 0 radical (unpaired) electrons. The number of nitrogens with one attached hydrogen (secondary N) is 1. The number of nitro groups is 1. The van der Waals surface area contributed by atoms with Crippen LogP contribution in [0.1, 0.15) is 0 Å². The van der Waals surface area contributed by atoms with Crippen molar-refractivity contribution in [1.29, 1.82) is 0 Å². The molecule has 0 fully saturated rings. The number of H-pyrrole nitrogens is 1. The topological polar surface area (TPSA) is 84.7 Å². The predicted molar refractivity (Wildman–Crippen MR) is 99.2 cm³/mol. The Morgan fingerprint density at radius 3 is 2.21 bits per heavy atom. The number of nitrogens with zero attached hydrogens (tertiary/aromatic N) is 3. The summed E-state index contributed by atoms with van der Waals surface area (Å²) in [5.74, 6) is -2.17. The maximum absolute atomic E-state index is 14.2. The lowest BCUT2D eigenvalue weighted by molar-refractivity contribution is -0.385. The van der Waals surface area contributed by atoms with E-state index in [1.165, 1.54) is 42.5 Å². The van der Waals surface area contributed by atoms with Gasteiger partial charge < -0.3 is 4.98 Å². The molecule has 0 aliphatic rings. The maximum Gasteiger partial charge on any atom is 0.287 e. The summed E-state index contributed by atoms with van der Waals surface area (Å²) in [5, 5.41) is 10.9. The zero-order valence-corrected chi connectivity index (χ0v) is 14.6. The molecule has 0 atom stereocenters. The molecular formula is C20H11F3N4O2. The van der Waals surface area contributed by atoms with Crippen LogP contribution in [0.2, 0.25) is 0 Å². The standard InChI is InChI=1S/C20H11F3N4O2/c21-12-6-4-11(5-7-12)18-19(16-9-8-13(10-24-16)27(28)29)26-20(25-18)17-14(22)2-1-3-15(17)23/h1-10H,(H,25,26). The molecule has 0 unspecified atom stereocenters. The lowest BCUT2D eigenvalue weighted by atomic mass is 10.1. The predicted octanol–water partition coefficient (Wildman–Crippen LogP) is 5.13. The van der Waals surface area contributed by atoms with Gasteiger partial charge in [-0.25, -0.2) is 23.1 Å². The van der Waals surface area contributed by atoms with Gasteiger partial charge in [0.05, 0.1) is 27.6 Å². The van der Waals surface area contributed by atoms with Crippen molar-refractivity contribution >= 4 is 5.69 Å². The highest BCUT2D eigenvalue weighted by Gasteiger charge is 2.21. The van der Waals surface area contributed by atoms with Crippen LogP contribution in [0.15, 0.2) is 60.8 Å². The lowest BCUT2D eigenvalue weighted by Crippen LogP contribution is -1.92. The summed E-state index contributed by atoms with van der Waals surface area (Å²) in [6.07, 6.45) is 1.06. The van der Waals surface area contributed by atoms with E-state index in [9.17, 15) is 23.3 Å². The second kappa shape index (κ2) is 7.19. The van der Waals surface area contributed by atoms with Crippen molar-refractivity contribution in [1.82, 2.24) is 15.0 Å². The Labute approximate surface area is 161 Å². The van der Waals surface area contributed by atoms with Crippen LogP contribution in [0.5, 0.6) is 0 Å². The molecule has 29 heavy (non-hydrogen) atoms. The second-order valence-electron chi connectivity index (χ2n) is 6.07. The lowest BCUT2D eigenvalue weighted by Gasteiger charge is -2.02. The highest BCUT2D eigenvalue weighted by atomic mass is 19.1. The van der Waals surface area contributed by atoms with E-state index in [2.05, 4.69) is 15.0 Å². The summed E-state index contributed by atoms with van der Waals surface area (Å²) in [7, 11) is 0. The van der Waals surface area contributed by atoms with Gasteiger partial charge in [0.15, 0.2) is 0 Å². The van der Waals surface area contributed by atoms with Crippen LogP contribution >= 0.6 is 0 Å². The van der Waals surface area contributed by atoms with Gasteiger partial charge in [-0.05, 0) is 42.5 Å². The number of aromatic amines is 1. The van der Waals surface area contributed by atoms with Crippen LogP contribution in [0.4, 0.5) is 18.9 Å². The zero-order valence-electron chi connectivity index (χ0n) is 14.6. The Morgan fingerprint density at radius 2 is 1.62 bits per heavy atom. The summed E-state index contributed by atoms with van der Waals surface area (Å²) in [6.45, 7) is 0. The van der Waals surface area contributed by atoms with Crippen LogP contribution in [0.3, 0.4) is 0 Å². The van der Waals surface area contributed by atoms with Crippen LogP contribution in [0.25, 0.3) is 34.0 Å². The van der Waals surface area contributed by atoms with Crippen molar-refractivity contribution in [2.24, 2.45) is 0 Å². The van der Waals surface area contributed by atoms with Gasteiger partial charge in [-0.2, -0.15) is 0 Å². The van der Waals surface area contributed by atoms with Crippen LogP contribution in [0, 0.1) is 27.6 Å². The Balaban J connectivity index is 1.92. The molecular weight excluding hydrogens is 385 g/mol. The number of aromatic nitrogens is 3. The first kappa shape index (κ1) is 18.4.